The van der Waals surface area contributed by atoms with Crippen LogP contribution in [0.2, 0.25) is 0 Å². The Morgan fingerprint density at radius 1 is 1.12 bits per heavy atom. The molecule has 0 saturated heterocycles. The first-order chi connectivity index (χ1) is 8.20. The second-order valence-electron chi connectivity index (χ2n) is 3.68. The van der Waals surface area contributed by atoms with Crippen molar-refractivity contribution in [2.75, 3.05) is 0 Å². The third-order valence-corrected chi connectivity index (χ3v) is 2.52. The summed E-state index contributed by atoms with van der Waals surface area (Å²) in [5, 5.41) is 9.11. The zero-order valence-electron chi connectivity index (χ0n) is 9.03. The molecule has 1 aromatic heterocycles. The molecular formula is C13H11F2NO. The van der Waals surface area contributed by atoms with Gasteiger partial charge in [0, 0.05) is 12.6 Å². The fraction of sp³-hybridized carbons (Fsp3) is 0.154. The van der Waals surface area contributed by atoms with E-state index in [1.807, 2.05) is 0 Å². The Hall–Kier alpha value is -1.81. The van der Waals surface area contributed by atoms with Crippen molar-refractivity contribution in [2.24, 2.45) is 0 Å². The third kappa shape index (κ3) is 2.65. The van der Waals surface area contributed by atoms with Gasteiger partial charge in [-0.15, -0.1) is 0 Å². The maximum Gasteiger partial charge on any atom is 0.126 e. The molecule has 2 rings (SSSR count). The van der Waals surface area contributed by atoms with Crippen molar-refractivity contribution in [1.82, 2.24) is 4.98 Å². The summed E-state index contributed by atoms with van der Waals surface area (Å²) >= 11 is 0. The van der Waals surface area contributed by atoms with Crippen LogP contribution in [0.5, 0.6) is 0 Å². The average molecular weight is 235 g/mol. The van der Waals surface area contributed by atoms with Crippen molar-refractivity contribution in [3.63, 3.8) is 0 Å². The average Bonchev–Trinajstić information content (AvgIpc) is 2.34. The topological polar surface area (TPSA) is 33.1 Å². The summed E-state index contributed by atoms with van der Waals surface area (Å²) < 4.78 is 26.4. The first-order valence-corrected chi connectivity index (χ1v) is 5.18. The van der Waals surface area contributed by atoms with Crippen molar-refractivity contribution in [3.8, 4) is 0 Å². The lowest BCUT2D eigenvalue weighted by Gasteiger charge is -2.07. The maximum absolute atomic E-state index is 13.4. The fourth-order valence-corrected chi connectivity index (χ4v) is 1.63. The molecule has 0 bridgehead atoms. The van der Waals surface area contributed by atoms with Crippen LogP contribution in [-0.2, 0) is 13.0 Å². The summed E-state index contributed by atoms with van der Waals surface area (Å²) in [5.41, 5.74) is 1.41. The molecule has 2 aromatic rings. The molecular weight excluding hydrogens is 224 g/mol. The molecule has 0 radical (unpaired) electrons. The van der Waals surface area contributed by atoms with Crippen LogP contribution in [0, 0.1) is 11.6 Å². The van der Waals surface area contributed by atoms with Crippen LogP contribution in [0.15, 0.2) is 36.5 Å². The largest absolute Gasteiger partial charge is 0.392 e. The zero-order valence-corrected chi connectivity index (χ0v) is 9.03. The van der Waals surface area contributed by atoms with Crippen molar-refractivity contribution < 1.29 is 13.9 Å². The summed E-state index contributed by atoms with van der Waals surface area (Å²) in [4.78, 5) is 4.07. The number of hydrogen-bond donors (Lipinski definition) is 1. The van der Waals surface area contributed by atoms with Gasteiger partial charge < -0.3 is 5.11 Å². The van der Waals surface area contributed by atoms with Gasteiger partial charge in [-0.2, -0.15) is 0 Å². The minimum absolute atomic E-state index is 0.167. The number of aliphatic hydroxyl groups excluding tert-OH is 1. The van der Waals surface area contributed by atoms with E-state index in [1.54, 1.807) is 18.3 Å². The van der Waals surface area contributed by atoms with Crippen LogP contribution >= 0.6 is 0 Å². The van der Waals surface area contributed by atoms with E-state index < -0.39 is 11.6 Å². The van der Waals surface area contributed by atoms with E-state index in [1.165, 1.54) is 0 Å². The Morgan fingerprint density at radius 3 is 2.71 bits per heavy atom. The molecule has 0 saturated carbocycles. The van der Waals surface area contributed by atoms with Gasteiger partial charge in [0.05, 0.1) is 12.3 Å². The molecule has 2 nitrogen and oxygen atoms in total. The van der Waals surface area contributed by atoms with Crippen LogP contribution in [0.1, 0.15) is 16.8 Å². The molecule has 0 aliphatic rings. The van der Waals surface area contributed by atoms with Crippen LogP contribution in [-0.4, -0.2) is 10.1 Å². The van der Waals surface area contributed by atoms with E-state index >= 15 is 0 Å². The molecule has 0 aliphatic heterocycles. The SMILES string of the molecule is OCc1cccnc1Cc1cc(F)ccc1F. The van der Waals surface area contributed by atoms with E-state index in [0.29, 0.717) is 11.3 Å². The van der Waals surface area contributed by atoms with E-state index in [-0.39, 0.29) is 18.6 Å². The van der Waals surface area contributed by atoms with Crippen molar-refractivity contribution >= 4 is 0 Å². The lowest BCUT2D eigenvalue weighted by Crippen LogP contribution is -2.01. The van der Waals surface area contributed by atoms with Crippen molar-refractivity contribution in [1.29, 1.82) is 0 Å². The number of benzene rings is 1. The van der Waals surface area contributed by atoms with E-state index in [4.69, 9.17) is 5.11 Å². The van der Waals surface area contributed by atoms with Crippen LogP contribution < -0.4 is 0 Å². The highest BCUT2D eigenvalue weighted by Crippen LogP contribution is 2.16. The molecule has 0 unspecified atom stereocenters. The lowest BCUT2D eigenvalue weighted by molar-refractivity contribution is 0.280. The van der Waals surface area contributed by atoms with Crippen molar-refractivity contribution in [3.05, 3.63) is 65.0 Å². The fourth-order valence-electron chi connectivity index (χ4n) is 1.63. The Kier molecular flexibility index (Phi) is 3.44. The first kappa shape index (κ1) is 11.7. The van der Waals surface area contributed by atoms with E-state index in [2.05, 4.69) is 4.98 Å². The summed E-state index contributed by atoms with van der Waals surface area (Å²) in [6, 6.07) is 6.71. The van der Waals surface area contributed by atoms with Gasteiger partial charge in [0.2, 0.25) is 0 Å². The maximum atomic E-state index is 13.4. The molecule has 0 amide bonds. The summed E-state index contributed by atoms with van der Waals surface area (Å²) in [6.07, 6.45) is 1.73. The molecule has 0 fully saturated rings. The molecule has 1 N–H and O–H groups in total. The molecule has 0 aliphatic carbocycles. The predicted octanol–water partition coefficient (Wildman–Crippen LogP) is 2.44. The number of rotatable bonds is 3. The second kappa shape index (κ2) is 5.01. The Labute approximate surface area is 97.6 Å². The Bertz CT molecular complexity index is 529. The lowest BCUT2D eigenvalue weighted by atomic mass is 10.0. The quantitative estimate of drug-likeness (QED) is 0.886. The molecule has 0 atom stereocenters. The number of nitrogens with zero attached hydrogens (tertiary/aromatic N) is 1. The third-order valence-electron chi connectivity index (χ3n) is 2.52. The molecule has 17 heavy (non-hydrogen) atoms. The molecule has 1 aromatic carbocycles. The van der Waals surface area contributed by atoms with Gasteiger partial charge in [0.25, 0.3) is 0 Å². The highest BCUT2D eigenvalue weighted by Gasteiger charge is 2.08. The smallest absolute Gasteiger partial charge is 0.126 e. The van der Waals surface area contributed by atoms with Crippen molar-refractivity contribution in [2.45, 2.75) is 13.0 Å². The number of pyridine rings is 1. The van der Waals surface area contributed by atoms with E-state index in [9.17, 15) is 8.78 Å². The molecule has 1 heterocycles. The van der Waals surface area contributed by atoms with Gasteiger partial charge in [0.1, 0.15) is 11.6 Å². The minimum atomic E-state index is -0.483. The summed E-state index contributed by atoms with van der Waals surface area (Å²) in [5.74, 6) is -0.955. The molecule has 0 spiro atoms. The number of aliphatic hydroxyl groups is 1. The Morgan fingerprint density at radius 2 is 1.94 bits per heavy atom. The van der Waals surface area contributed by atoms with Gasteiger partial charge in [0.15, 0.2) is 0 Å². The van der Waals surface area contributed by atoms with Gasteiger partial charge in [-0.25, -0.2) is 8.78 Å². The molecule has 88 valence electrons. The second-order valence-corrected chi connectivity index (χ2v) is 3.68. The van der Waals surface area contributed by atoms with Gasteiger partial charge >= 0.3 is 0 Å². The van der Waals surface area contributed by atoms with E-state index in [0.717, 1.165) is 18.2 Å². The normalized spacial score (nSPS) is 10.5. The predicted molar refractivity (Wildman–Crippen MR) is 59.3 cm³/mol. The number of hydrogen-bond acceptors (Lipinski definition) is 2. The Balaban J connectivity index is 2.34. The van der Waals surface area contributed by atoms with Crippen LogP contribution in [0.4, 0.5) is 8.78 Å². The van der Waals surface area contributed by atoms with Gasteiger partial charge in [-0.1, -0.05) is 6.07 Å². The van der Waals surface area contributed by atoms with Crippen LogP contribution in [0.3, 0.4) is 0 Å². The van der Waals surface area contributed by atoms with Gasteiger partial charge in [-0.3, -0.25) is 4.98 Å². The standard InChI is InChI=1S/C13H11F2NO/c14-11-3-4-12(15)10(6-11)7-13-9(8-17)2-1-5-16-13/h1-6,17H,7-8H2. The number of aromatic nitrogens is 1. The minimum Gasteiger partial charge on any atom is -0.392 e. The summed E-state index contributed by atoms with van der Waals surface area (Å²) in [6.45, 7) is -0.167. The highest BCUT2D eigenvalue weighted by atomic mass is 19.1. The summed E-state index contributed by atoms with van der Waals surface area (Å²) in [7, 11) is 0. The van der Waals surface area contributed by atoms with Gasteiger partial charge in [-0.05, 0) is 35.4 Å². The zero-order chi connectivity index (χ0) is 12.3. The highest BCUT2D eigenvalue weighted by molar-refractivity contribution is 5.28. The van der Waals surface area contributed by atoms with Crippen LogP contribution in [0.25, 0.3) is 0 Å². The number of halogens is 2. The monoisotopic (exact) mass is 235 g/mol. The molecule has 4 heteroatoms. The first-order valence-electron chi connectivity index (χ1n) is 5.18.